The first kappa shape index (κ1) is 22.2. The zero-order valence-electron chi connectivity index (χ0n) is 17.5. The van der Waals surface area contributed by atoms with Crippen LogP contribution in [0.4, 0.5) is 5.13 Å². The van der Waals surface area contributed by atoms with Crippen LogP contribution in [-0.4, -0.2) is 33.7 Å². The fraction of sp³-hybridized carbons (Fsp3) is 0.364. The Hall–Kier alpha value is -2.45. The summed E-state index contributed by atoms with van der Waals surface area (Å²) in [7, 11) is 0. The molecule has 0 aliphatic heterocycles. The number of hydrogen-bond donors (Lipinski definition) is 1. The minimum atomic E-state index is -0.323. The normalized spacial score (nSPS) is 12.0. The highest BCUT2D eigenvalue weighted by Gasteiger charge is 2.21. The number of esters is 1. The molecule has 3 rings (SSSR count). The summed E-state index contributed by atoms with van der Waals surface area (Å²) in [5.41, 5.74) is 3.83. The number of rotatable bonds is 8. The third-order valence-corrected chi connectivity index (χ3v) is 6.65. The molecule has 8 heteroatoms. The number of aryl methyl sites for hydroxylation is 2. The van der Waals surface area contributed by atoms with E-state index in [1.807, 2.05) is 32.0 Å². The second kappa shape index (κ2) is 10.0. The zero-order valence-corrected chi connectivity index (χ0v) is 19.2. The van der Waals surface area contributed by atoms with Gasteiger partial charge in [-0.15, -0.1) is 11.3 Å². The molecule has 0 saturated carbocycles. The van der Waals surface area contributed by atoms with Gasteiger partial charge in [0.2, 0.25) is 5.91 Å². The molecule has 0 radical (unpaired) electrons. The predicted molar refractivity (Wildman–Crippen MR) is 122 cm³/mol. The van der Waals surface area contributed by atoms with E-state index >= 15 is 0 Å². The lowest BCUT2D eigenvalue weighted by Gasteiger charge is -2.14. The first-order chi connectivity index (χ1) is 14.4. The number of anilines is 1. The van der Waals surface area contributed by atoms with Gasteiger partial charge >= 0.3 is 5.97 Å². The molecule has 1 N–H and O–H groups in total. The number of carbonyl (C=O) groups excluding carboxylic acids is 2. The molecule has 2 aromatic heterocycles. The highest BCUT2D eigenvalue weighted by atomic mass is 32.2. The Morgan fingerprint density at radius 1 is 1.20 bits per heavy atom. The number of fused-ring (bicyclic) bond motifs is 1. The molecule has 0 aliphatic carbocycles. The van der Waals surface area contributed by atoms with Gasteiger partial charge in [0, 0.05) is 10.8 Å². The van der Waals surface area contributed by atoms with Crippen molar-refractivity contribution in [3.05, 3.63) is 46.5 Å². The Balaban J connectivity index is 1.70. The molecule has 0 aliphatic rings. The standard InChI is InChI=1S/C22H25N3O3S2/c1-5-17(21(27)25-22-23-15(12-29-22)11-19(26)28-6-2)30-18-10-14(4)16-9-7-8-13(3)20(16)24-18/h7-10,12,17H,5-6,11H2,1-4H3,(H,23,25,27). The number of nitrogens with zero attached hydrogens (tertiary/aromatic N) is 2. The summed E-state index contributed by atoms with van der Waals surface area (Å²) in [6.45, 7) is 8.19. The fourth-order valence-corrected chi connectivity index (χ4v) is 4.78. The lowest BCUT2D eigenvalue weighted by molar-refractivity contribution is -0.142. The summed E-state index contributed by atoms with van der Waals surface area (Å²) < 4.78 is 4.93. The van der Waals surface area contributed by atoms with Crippen molar-refractivity contribution < 1.29 is 14.3 Å². The Kier molecular flexibility index (Phi) is 7.44. The largest absolute Gasteiger partial charge is 0.466 e. The molecule has 2 heterocycles. The van der Waals surface area contributed by atoms with Crippen molar-refractivity contribution in [2.45, 2.75) is 50.8 Å². The molecule has 158 valence electrons. The Morgan fingerprint density at radius 2 is 2.00 bits per heavy atom. The monoisotopic (exact) mass is 443 g/mol. The first-order valence-electron chi connectivity index (χ1n) is 9.85. The third-order valence-electron chi connectivity index (χ3n) is 4.56. The van der Waals surface area contributed by atoms with Crippen LogP contribution in [0.2, 0.25) is 0 Å². The number of carbonyl (C=O) groups is 2. The SMILES string of the molecule is CCOC(=O)Cc1csc(NC(=O)C(CC)Sc2cc(C)c3cccc(C)c3n2)n1. The third kappa shape index (κ3) is 5.37. The van der Waals surface area contributed by atoms with E-state index in [1.54, 1.807) is 12.3 Å². The molecule has 3 aromatic rings. The van der Waals surface area contributed by atoms with Gasteiger partial charge in [0.15, 0.2) is 5.13 Å². The van der Waals surface area contributed by atoms with Crippen LogP contribution < -0.4 is 5.32 Å². The van der Waals surface area contributed by atoms with Crippen molar-refractivity contribution in [2.24, 2.45) is 0 Å². The molecule has 0 spiro atoms. The van der Waals surface area contributed by atoms with Crippen molar-refractivity contribution in [3.63, 3.8) is 0 Å². The smallest absolute Gasteiger partial charge is 0.311 e. The van der Waals surface area contributed by atoms with Crippen LogP contribution in [0.3, 0.4) is 0 Å². The van der Waals surface area contributed by atoms with E-state index in [1.165, 1.54) is 23.1 Å². The molecule has 1 atom stereocenters. The topological polar surface area (TPSA) is 81.2 Å². The molecular weight excluding hydrogens is 418 g/mol. The van der Waals surface area contributed by atoms with Gasteiger partial charge in [-0.3, -0.25) is 9.59 Å². The van der Waals surface area contributed by atoms with Crippen molar-refractivity contribution in [2.75, 3.05) is 11.9 Å². The van der Waals surface area contributed by atoms with Gasteiger partial charge < -0.3 is 10.1 Å². The molecule has 1 amide bonds. The number of ether oxygens (including phenoxy) is 1. The summed E-state index contributed by atoms with van der Waals surface area (Å²) in [5.74, 6) is -0.445. The van der Waals surface area contributed by atoms with E-state index in [0.29, 0.717) is 23.9 Å². The maximum Gasteiger partial charge on any atom is 0.311 e. The van der Waals surface area contributed by atoms with Gasteiger partial charge in [-0.1, -0.05) is 36.9 Å². The average molecular weight is 444 g/mol. The number of para-hydroxylation sites is 1. The fourth-order valence-electron chi connectivity index (χ4n) is 3.05. The number of thiazole rings is 1. The van der Waals surface area contributed by atoms with Crippen molar-refractivity contribution >= 4 is 51.0 Å². The van der Waals surface area contributed by atoms with Crippen LogP contribution in [-0.2, 0) is 20.7 Å². The van der Waals surface area contributed by atoms with Crippen LogP contribution in [0.5, 0.6) is 0 Å². The van der Waals surface area contributed by atoms with Gasteiger partial charge in [-0.25, -0.2) is 9.97 Å². The number of benzene rings is 1. The van der Waals surface area contributed by atoms with Gasteiger partial charge in [0.1, 0.15) is 0 Å². The predicted octanol–water partition coefficient (Wildman–Crippen LogP) is 4.92. The second-order valence-corrected chi connectivity index (χ2v) is 8.96. The Morgan fingerprint density at radius 3 is 2.73 bits per heavy atom. The summed E-state index contributed by atoms with van der Waals surface area (Å²) in [4.78, 5) is 33.5. The van der Waals surface area contributed by atoms with E-state index in [0.717, 1.165) is 27.1 Å². The van der Waals surface area contributed by atoms with Gasteiger partial charge in [0.25, 0.3) is 0 Å². The number of thioether (sulfide) groups is 1. The van der Waals surface area contributed by atoms with Crippen molar-refractivity contribution in [1.29, 1.82) is 0 Å². The van der Waals surface area contributed by atoms with Crippen LogP contribution in [0.15, 0.2) is 34.7 Å². The van der Waals surface area contributed by atoms with Crippen LogP contribution in [0.25, 0.3) is 10.9 Å². The lowest BCUT2D eigenvalue weighted by atomic mass is 10.1. The maximum atomic E-state index is 12.8. The quantitative estimate of drug-likeness (QED) is 0.393. The van der Waals surface area contributed by atoms with Crippen molar-refractivity contribution in [1.82, 2.24) is 9.97 Å². The van der Waals surface area contributed by atoms with E-state index in [-0.39, 0.29) is 23.5 Å². The lowest BCUT2D eigenvalue weighted by Crippen LogP contribution is -2.24. The molecule has 0 fully saturated rings. The zero-order chi connectivity index (χ0) is 21.7. The highest BCUT2D eigenvalue weighted by Crippen LogP contribution is 2.30. The van der Waals surface area contributed by atoms with Gasteiger partial charge in [-0.2, -0.15) is 0 Å². The molecule has 1 unspecified atom stereocenters. The summed E-state index contributed by atoms with van der Waals surface area (Å²) in [6, 6.07) is 8.18. The molecule has 6 nitrogen and oxygen atoms in total. The molecule has 0 saturated heterocycles. The summed E-state index contributed by atoms with van der Waals surface area (Å²) in [5, 5.41) is 6.78. The number of hydrogen-bond acceptors (Lipinski definition) is 7. The summed E-state index contributed by atoms with van der Waals surface area (Å²) >= 11 is 2.76. The minimum Gasteiger partial charge on any atom is -0.466 e. The average Bonchev–Trinajstić information content (AvgIpc) is 3.13. The number of amides is 1. The Labute approximate surface area is 184 Å². The first-order valence-corrected chi connectivity index (χ1v) is 11.6. The van der Waals surface area contributed by atoms with E-state index < -0.39 is 0 Å². The summed E-state index contributed by atoms with van der Waals surface area (Å²) in [6.07, 6.45) is 0.760. The van der Waals surface area contributed by atoms with E-state index in [2.05, 4.69) is 23.3 Å². The maximum absolute atomic E-state index is 12.8. The van der Waals surface area contributed by atoms with Crippen molar-refractivity contribution in [3.8, 4) is 0 Å². The second-order valence-electron chi connectivity index (χ2n) is 6.88. The molecular formula is C22H25N3O3S2. The van der Waals surface area contributed by atoms with E-state index in [9.17, 15) is 9.59 Å². The van der Waals surface area contributed by atoms with Crippen LogP contribution in [0, 0.1) is 13.8 Å². The van der Waals surface area contributed by atoms with Crippen LogP contribution in [0.1, 0.15) is 37.1 Å². The molecule has 30 heavy (non-hydrogen) atoms. The molecule has 1 aromatic carbocycles. The van der Waals surface area contributed by atoms with Crippen LogP contribution >= 0.6 is 23.1 Å². The number of nitrogens with one attached hydrogen (secondary N) is 1. The minimum absolute atomic E-state index is 0.103. The number of pyridine rings is 1. The molecule has 0 bridgehead atoms. The highest BCUT2D eigenvalue weighted by molar-refractivity contribution is 8.00. The van der Waals surface area contributed by atoms with Gasteiger partial charge in [-0.05, 0) is 44.4 Å². The number of aromatic nitrogens is 2. The van der Waals surface area contributed by atoms with E-state index in [4.69, 9.17) is 9.72 Å². The van der Waals surface area contributed by atoms with Gasteiger partial charge in [0.05, 0.1) is 34.5 Å². The Bertz CT molecular complexity index is 1060.